The SMILES string of the molecule is COc1c(C2(O)CC2)ccc(S(C)(=O)=O)c1OC. The number of hydrogen-bond acceptors (Lipinski definition) is 5. The van der Waals surface area contributed by atoms with Gasteiger partial charge in [-0.1, -0.05) is 6.07 Å². The molecule has 0 amide bonds. The van der Waals surface area contributed by atoms with Gasteiger partial charge >= 0.3 is 0 Å². The minimum Gasteiger partial charge on any atom is -0.492 e. The van der Waals surface area contributed by atoms with Crippen LogP contribution in [-0.2, 0) is 15.4 Å². The molecule has 0 unspecified atom stereocenters. The maximum Gasteiger partial charge on any atom is 0.179 e. The molecule has 1 saturated carbocycles. The van der Waals surface area contributed by atoms with Crippen LogP contribution in [0, 0.1) is 0 Å². The van der Waals surface area contributed by atoms with Crippen LogP contribution in [0.2, 0.25) is 0 Å². The second-order valence-electron chi connectivity index (χ2n) is 4.48. The Balaban J connectivity index is 2.69. The monoisotopic (exact) mass is 272 g/mol. The molecular weight excluding hydrogens is 256 g/mol. The van der Waals surface area contributed by atoms with Gasteiger partial charge in [0.25, 0.3) is 0 Å². The zero-order valence-electron chi connectivity index (χ0n) is 10.6. The second kappa shape index (κ2) is 4.13. The summed E-state index contributed by atoms with van der Waals surface area (Å²) in [5.74, 6) is 0.443. The Bertz CT molecular complexity index is 572. The minimum atomic E-state index is -3.41. The smallest absolute Gasteiger partial charge is 0.179 e. The number of ether oxygens (including phenoxy) is 2. The highest BCUT2D eigenvalue weighted by atomic mass is 32.2. The third-order valence-electron chi connectivity index (χ3n) is 3.11. The lowest BCUT2D eigenvalue weighted by atomic mass is 10.1. The van der Waals surface area contributed by atoms with Gasteiger partial charge in [0.05, 0.1) is 19.8 Å². The highest BCUT2D eigenvalue weighted by Crippen LogP contribution is 2.52. The first-order chi connectivity index (χ1) is 8.33. The largest absolute Gasteiger partial charge is 0.492 e. The Morgan fingerprint density at radius 3 is 2.11 bits per heavy atom. The number of rotatable bonds is 4. The molecule has 1 aliphatic rings. The van der Waals surface area contributed by atoms with Gasteiger partial charge in [-0.25, -0.2) is 8.42 Å². The number of sulfone groups is 1. The molecule has 0 atom stereocenters. The van der Waals surface area contributed by atoms with E-state index in [4.69, 9.17) is 9.47 Å². The Kier molecular flexibility index (Phi) is 3.03. The summed E-state index contributed by atoms with van der Waals surface area (Å²) in [4.78, 5) is 0.0647. The molecule has 18 heavy (non-hydrogen) atoms. The van der Waals surface area contributed by atoms with Crippen LogP contribution in [0.25, 0.3) is 0 Å². The van der Waals surface area contributed by atoms with Crippen molar-refractivity contribution in [3.05, 3.63) is 17.7 Å². The molecule has 0 aliphatic heterocycles. The number of methoxy groups -OCH3 is 2. The molecular formula is C12H16O5S. The first kappa shape index (κ1) is 13.2. The van der Waals surface area contributed by atoms with Crippen molar-refractivity contribution in [2.24, 2.45) is 0 Å². The van der Waals surface area contributed by atoms with Crippen LogP contribution in [-0.4, -0.2) is 34.0 Å². The van der Waals surface area contributed by atoms with Gasteiger partial charge in [-0.3, -0.25) is 0 Å². The fourth-order valence-corrected chi connectivity index (χ4v) is 2.81. The Hall–Kier alpha value is -1.27. The molecule has 0 saturated heterocycles. The van der Waals surface area contributed by atoms with Crippen LogP contribution in [0.3, 0.4) is 0 Å². The van der Waals surface area contributed by atoms with Crippen LogP contribution in [0.15, 0.2) is 17.0 Å². The summed E-state index contributed by atoms with van der Waals surface area (Å²) in [5.41, 5.74) is -0.330. The third kappa shape index (κ3) is 2.06. The molecule has 100 valence electrons. The van der Waals surface area contributed by atoms with Crippen LogP contribution >= 0.6 is 0 Å². The predicted octanol–water partition coefficient (Wildman–Crippen LogP) is 1.09. The first-order valence-electron chi connectivity index (χ1n) is 5.51. The molecule has 0 bridgehead atoms. The summed E-state index contributed by atoms with van der Waals surface area (Å²) in [6, 6.07) is 3.03. The summed E-state index contributed by atoms with van der Waals surface area (Å²) in [6.45, 7) is 0. The van der Waals surface area contributed by atoms with Crippen molar-refractivity contribution in [2.75, 3.05) is 20.5 Å². The number of benzene rings is 1. The molecule has 1 fully saturated rings. The average Bonchev–Trinajstić information content (AvgIpc) is 3.05. The summed E-state index contributed by atoms with van der Waals surface area (Å²) < 4.78 is 33.7. The summed E-state index contributed by atoms with van der Waals surface area (Å²) in [6.07, 6.45) is 2.39. The Labute approximate surface area is 106 Å². The van der Waals surface area contributed by atoms with Gasteiger partial charge in [0, 0.05) is 11.8 Å². The predicted molar refractivity (Wildman–Crippen MR) is 65.8 cm³/mol. The van der Waals surface area contributed by atoms with Crippen molar-refractivity contribution in [1.82, 2.24) is 0 Å². The molecule has 2 rings (SSSR count). The van der Waals surface area contributed by atoms with Crippen LogP contribution in [0.1, 0.15) is 18.4 Å². The zero-order chi connectivity index (χ0) is 13.6. The molecule has 0 heterocycles. The maximum atomic E-state index is 11.7. The van der Waals surface area contributed by atoms with E-state index in [1.165, 1.54) is 20.3 Å². The van der Waals surface area contributed by atoms with E-state index in [1.807, 2.05) is 0 Å². The molecule has 0 aromatic heterocycles. The molecule has 6 heteroatoms. The van der Waals surface area contributed by atoms with Crippen molar-refractivity contribution in [3.8, 4) is 11.5 Å². The number of hydrogen-bond donors (Lipinski definition) is 1. The third-order valence-corrected chi connectivity index (χ3v) is 4.23. The van der Waals surface area contributed by atoms with Crippen molar-refractivity contribution >= 4 is 9.84 Å². The average molecular weight is 272 g/mol. The van der Waals surface area contributed by atoms with Crippen molar-refractivity contribution in [1.29, 1.82) is 0 Å². The molecule has 1 aliphatic carbocycles. The quantitative estimate of drug-likeness (QED) is 0.888. The normalized spacial score (nSPS) is 17.3. The molecule has 1 aromatic carbocycles. The fraction of sp³-hybridized carbons (Fsp3) is 0.500. The standard InChI is InChI=1S/C12H16O5S/c1-16-10-8(12(13)6-7-12)4-5-9(11(10)17-2)18(3,14)15/h4-5,13H,6-7H2,1-3H3. The van der Waals surface area contributed by atoms with Gasteiger partial charge in [-0.15, -0.1) is 0 Å². The summed E-state index contributed by atoms with van der Waals surface area (Å²) in [5, 5.41) is 10.1. The van der Waals surface area contributed by atoms with Crippen LogP contribution in [0.4, 0.5) is 0 Å². The lowest BCUT2D eigenvalue weighted by Gasteiger charge is -2.18. The van der Waals surface area contributed by atoms with Crippen molar-refractivity contribution < 1.29 is 23.0 Å². The van der Waals surface area contributed by atoms with Crippen molar-refractivity contribution in [3.63, 3.8) is 0 Å². The summed E-state index contributed by atoms with van der Waals surface area (Å²) >= 11 is 0. The Morgan fingerprint density at radius 1 is 1.17 bits per heavy atom. The van der Waals surface area contributed by atoms with E-state index in [9.17, 15) is 13.5 Å². The van der Waals surface area contributed by atoms with Crippen LogP contribution in [0.5, 0.6) is 11.5 Å². The molecule has 0 radical (unpaired) electrons. The van der Waals surface area contributed by atoms with E-state index in [0.717, 1.165) is 6.26 Å². The molecule has 1 N–H and O–H groups in total. The minimum absolute atomic E-state index is 0.0647. The first-order valence-corrected chi connectivity index (χ1v) is 7.40. The van der Waals surface area contributed by atoms with E-state index in [0.29, 0.717) is 24.2 Å². The highest BCUT2D eigenvalue weighted by molar-refractivity contribution is 7.90. The van der Waals surface area contributed by atoms with E-state index in [1.54, 1.807) is 6.07 Å². The molecule has 1 aromatic rings. The molecule has 5 nitrogen and oxygen atoms in total. The zero-order valence-corrected chi connectivity index (χ0v) is 11.4. The lowest BCUT2D eigenvalue weighted by Crippen LogP contribution is -2.10. The van der Waals surface area contributed by atoms with E-state index >= 15 is 0 Å². The maximum absolute atomic E-state index is 11.7. The lowest BCUT2D eigenvalue weighted by molar-refractivity contribution is 0.146. The van der Waals surface area contributed by atoms with Crippen molar-refractivity contribution in [2.45, 2.75) is 23.3 Å². The van der Waals surface area contributed by atoms with E-state index < -0.39 is 15.4 Å². The summed E-state index contributed by atoms with van der Waals surface area (Å²) in [7, 11) is -0.595. The van der Waals surface area contributed by atoms with Gasteiger partial charge in [0.2, 0.25) is 0 Å². The fourth-order valence-electron chi connectivity index (χ4n) is 1.99. The number of aliphatic hydroxyl groups is 1. The second-order valence-corrected chi connectivity index (χ2v) is 6.47. The highest BCUT2D eigenvalue weighted by Gasteiger charge is 2.45. The van der Waals surface area contributed by atoms with E-state index in [-0.39, 0.29) is 10.6 Å². The van der Waals surface area contributed by atoms with Gasteiger partial charge < -0.3 is 14.6 Å². The topological polar surface area (TPSA) is 72.8 Å². The Morgan fingerprint density at radius 2 is 1.72 bits per heavy atom. The van der Waals surface area contributed by atoms with Gasteiger partial charge in [0.15, 0.2) is 21.3 Å². The van der Waals surface area contributed by atoms with Gasteiger partial charge in [0.1, 0.15) is 4.90 Å². The van der Waals surface area contributed by atoms with Crippen LogP contribution < -0.4 is 9.47 Å². The van der Waals surface area contributed by atoms with E-state index in [2.05, 4.69) is 0 Å². The molecule has 0 spiro atoms. The van der Waals surface area contributed by atoms with Gasteiger partial charge in [-0.05, 0) is 18.9 Å². The van der Waals surface area contributed by atoms with Gasteiger partial charge in [-0.2, -0.15) is 0 Å².